The SMILES string of the molecule is CCCCCCc1cccc(S(=O)(=O)OP(c2ccccc2)(c2ccccc2)(c2ccccc2)c2ccccc2)c1CCCCCC. The molecule has 0 heterocycles. The Bertz CT molecular complexity index is 1620. The molecule has 0 aliphatic carbocycles. The third-order valence-electron chi connectivity index (χ3n) is 9.32. The van der Waals surface area contributed by atoms with Gasteiger partial charge in [-0.15, -0.1) is 0 Å². The van der Waals surface area contributed by atoms with Crippen molar-refractivity contribution < 1.29 is 12.4 Å². The molecule has 5 rings (SSSR count). The van der Waals surface area contributed by atoms with Crippen molar-refractivity contribution in [2.24, 2.45) is 0 Å². The van der Waals surface area contributed by atoms with E-state index in [1.807, 2.05) is 127 Å². The second kappa shape index (κ2) is 16.0. The molecule has 0 saturated heterocycles. The Hall–Kier alpha value is -3.56. The summed E-state index contributed by atoms with van der Waals surface area (Å²) in [6, 6.07) is 45.9. The van der Waals surface area contributed by atoms with Gasteiger partial charge in [0.1, 0.15) is 0 Å². The molecule has 0 spiro atoms. The molecule has 0 saturated carbocycles. The van der Waals surface area contributed by atoms with Crippen LogP contribution in [-0.4, -0.2) is 8.42 Å². The molecule has 5 heteroatoms. The van der Waals surface area contributed by atoms with Crippen molar-refractivity contribution in [3.8, 4) is 0 Å². The van der Waals surface area contributed by atoms with Crippen LogP contribution in [0.1, 0.15) is 76.3 Å². The van der Waals surface area contributed by atoms with E-state index < -0.39 is 16.9 Å². The normalized spacial score (nSPS) is 12.8. The van der Waals surface area contributed by atoms with Gasteiger partial charge in [-0.3, -0.25) is 0 Å². The number of aryl methyl sites for hydroxylation is 1. The first-order valence-corrected chi connectivity index (χ1v) is 20.9. The molecule has 0 aromatic heterocycles. The minimum absolute atomic E-state index is 0.301. The third-order valence-corrected chi connectivity index (χ3v) is 17.4. The van der Waals surface area contributed by atoms with Crippen LogP contribution in [0.4, 0.5) is 0 Å². The predicted molar refractivity (Wildman–Crippen MR) is 202 cm³/mol. The molecule has 246 valence electrons. The molecule has 0 aliphatic heterocycles. The van der Waals surface area contributed by atoms with E-state index in [0.29, 0.717) is 11.3 Å². The average molecular weight is 665 g/mol. The van der Waals surface area contributed by atoms with E-state index in [4.69, 9.17) is 3.97 Å². The molecule has 0 N–H and O–H groups in total. The number of hydrogen-bond acceptors (Lipinski definition) is 3. The van der Waals surface area contributed by atoms with E-state index in [1.165, 1.54) is 6.42 Å². The zero-order valence-electron chi connectivity index (χ0n) is 27.9. The number of benzene rings is 5. The molecule has 0 atom stereocenters. The summed E-state index contributed by atoms with van der Waals surface area (Å²) in [6.45, 7) is 0.000116. The minimum atomic E-state index is -4.42. The van der Waals surface area contributed by atoms with Crippen LogP contribution < -0.4 is 21.2 Å². The van der Waals surface area contributed by atoms with Gasteiger partial charge in [0.2, 0.25) is 0 Å². The van der Waals surface area contributed by atoms with Crippen LogP contribution in [0, 0.1) is 0 Å². The first-order chi connectivity index (χ1) is 23.0. The van der Waals surface area contributed by atoms with Crippen molar-refractivity contribution in [1.29, 1.82) is 0 Å². The Morgan fingerprint density at radius 3 is 1.28 bits per heavy atom. The van der Waals surface area contributed by atoms with Gasteiger partial charge in [-0.1, -0.05) is 0 Å². The van der Waals surface area contributed by atoms with E-state index in [-0.39, 0.29) is 0 Å². The number of unbranched alkanes of at least 4 members (excludes halogenated alkanes) is 6. The Kier molecular flexibility index (Phi) is 11.9. The van der Waals surface area contributed by atoms with Crippen LogP contribution >= 0.6 is 6.83 Å². The summed E-state index contributed by atoms with van der Waals surface area (Å²) < 4.78 is 38.1. The molecule has 5 aromatic rings. The van der Waals surface area contributed by atoms with E-state index in [9.17, 15) is 0 Å². The zero-order chi connectivity index (χ0) is 33.0. The summed E-state index contributed by atoms with van der Waals surface area (Å²) in [6.07, 6.45) is 10.4. The monoisotopic (exact) mass is 664 g/mol. The molecule has 0 fully saturated rings. The van der Waals surface area contributed by atoms with Crippen molar-refractivity contribution in [3.05, 3.63) is 151 Å². The van der Waals surface area contributed by atoms with Gasteiger partial charge in [0.05, 0.1) is 0 Å². The molecule has 5 aromatic carbocycles. The van der Waals surface area contributed by atoms with Gasteiger partial charge < -0.3 is 0 Å². The van der Waals surface area contributed by atoms with Crippen molar-refractivity contribution in [3.63, 3.8) is 0 Å². The van der Waals surface area contributed by atoms with Gasteiger partial charge in [0.15, 0.2) is 0 Å². The van der Waals surface area contributed by atoms with Crippen LogP contribution in [0.5, 0.6) is 0 Å². The first-order valence-electron chi connectivity index (χ1n) is 17.3. The van der Waals surface area contributed by atoms with Gasteiger partial charge in [0.25, 0.3) is 0 Å². The molecule has 47 heavy (non-hydrogen) atoms. The number of rotatable bonds is 17. The van der Waals surface area contributed by atoms with Crippen LogP contribution in [0.2, 0.25) is 0 Å². The Balaban J connectivity index is 1.82. The third kappa shape index (κ3) is 7.02. The van der Waals surface area contributed by atoms with Crippen molar-refractivity contribution in [1.82, 2.24) is 0 Å². The summed E-state index contributed by atoms with van der Waals surface area (Å²) in [4.78, 5) is 0.301. The van der Waals surface area contributed by atoms with Gasteiger partial charge in [-0.2, -0.15) is 0 Å². The molecule has 3 nitrogen and oxygen atoms in total. The fourth-order valence-corrected chi connectivity index (χ4v) is 15.8. The Morgan fingerprint density at radius 1 is 0.468 bits per heavy atom. The Labute approximate surface area is 283 Å². The molecular weight excluding hydrogens is 616 g/mol. The summed E-state index contributed by atoms with van der Waals surface area (Å²) in [5.74, 6) is 0. The Morgan fingerprint density at radius 2 is 0.872 bits per heavy atom. The first kappa shape index (κ1) is 34.8. The van der Waals surface area contributed by atoms with Crippen LogP contribution in [0.25, 0.3) is 0 Å². The van der Waals surface area contributed by atoms with Gasteiger partial charge >= 0.3 is 284 Å². The second-order valence-corrected chi connectivity index (χ2v) is 18.5. The van der Waals surface area contributed by atoms with E-state index in [0.717, 1.165) is 83.7 Å². The maximum absolute atomic E-state index is 15.4. The number of hydrogen-bond donors (Lipinski definition) is 0. The van der Waals surface area contributed by atoms with E-state index in [2.05, 4.69) is 19.9 Å². The molecule has 0 bridgehead atoms. The predicted octanol–water partition coefficient (Wildman–Crippen LogP) is 9.41. The standard InChI is InChI=1S/C42H49O3PS/c1-3-5-7-13-24-36-25-23-35-42(41(36)34-22-8-6-4-2)47(43,44)45-46(37-26-14-9-15-27-37,38-28-16-10-17-29-38,39-30-18-11-19-31-39)40-32-20-12-21-33-40/h9-12,14-21,23,25-33,35H,3-8,13,22,24,34H2,1-2H3. The molecule has 0 radical (unpaired) electrons. The topological polar surface area (TPSA) is 43.4 Å². The molecule has 0 aliphatic rings. The summed E-state index contributed by atoms with van der Waals surface area (Å²) in [7, 11) is -4.34. The van der Waals surface area contributed by atoms with E-state index >= 15 is 8.42 Å². The summed E-state index contributed by atoms with van der Waals surface area (Å²) >= 11 is 0. The summed E-state index contributed by atoms with van der Waals surface area (Å²) in [5.41, 5.74) is 2.04. The zero-order valence-corrected chi connectivity index (χ0v) is 29.6. The molecular formula is C42H49O3PS. The van der Waals surface area contributed by atoms with E-state index in [1.54, 1.807) is 6.07 Å². The van der Waals surface area contributed by atoms with Crippen molar-refractivity contribution in [2.45, 2.75) is 83.0 Å². The molecule has 0 amide bonds. The second-order valence-electron chi connectivity index (χ2n) is 12.4. The fraction of sp³-hybridized carbons (Fsp3) is 0.286. The van der Waals surface area contributed by atoms with Crippen molar-refractivity contribution in [2.75, 3.05) is 0 Å². The van der Waals surface area contributed by atoms with Crippen LogP contribution in [0.15, 0.2) is 144 Å². The van der Waals surface area contributed by atoms with Crippen LogP contribution in [0.3, 0.4) is 0 Å². The molecule has 0 unspecified atom stereocenters. The van der Waals surface area contributed by atoms with Gasteiger partial charge in [-0.05, 0) is 0 Å². The maximum atomic E-state index is 15.4. The van der Waals surface area contributed by atoms with Crippen LogP contribution in [-0.2, 0) is 26.9 Å². The van der Waals surface area contributed by atoms with Gasteiger partial charge in [-0.25, -0.2) is 0 Å². The fourth-order valence-electron chi connectivity index (χ4n) is 6.99. The van der Waals surface area contributed by atoms with Crippen molar-refractivity contribution >= 4 is 38.2 Å². The van der Waals surface area contributed by atoms with Gasteiger partial charge in [0, 0.05) is 0 Å². The summed E-state index contributed by atoms with van der Waals surface area (Å²) in [5, 5.41) is 3.36. The quantitative estimate of drug-likeness (QED) is 0.0735. The average Bonchev–Trinajstić information content (AvgIpc) is 3.13.